The number of aryl methyl sites for hydroxylation is 1. The van der Waals surface area contributed by atoms with E-state index >= 15 is 0 Å². The van der Waals surface area contributed by atoms with Gasteiger partial charge in [-0.05, 0) is 119 Å². The molecule has 3 aliphatic rings. The lowest BCUT2D eigenvalue weighted by Crippen LogP contribution is -2.47. The molecule has 0 aromatic heterocycles. The number of hydrogen-bond acceptors (Lipinski definition) is 9. The number of aliphatic hydroxyl groups excluding tert-OH is 2. The van der Waals surface area contributed by atoms with Gasteiger partial charge in [0.2, 0.25) is 0 Å². The Kier molecular flexibility index (Phi) is 26.6. The smallest absolute Gasteiger partial charge is 0.123 e. The van der Waals surface area contributed by atoms with E-state index in [9.17, 15) is 10.2 Å². The van der Waals surface area contributed by atoms with Gasteiger partial charge in [-0.1, -0.05) is 101 Å². The minimum Gasteiger partial charge on any atom is -0.513 e. The highest BCUT2D eigenvalue weighted by Crippen LogP contribution is 2.26. The number of phenols is 1. The van der Waals surface area contributed by atoms with Crippen LogP contribution in [0.3, 0.4) is 0 Å². The molecule has 0 amide bonds. The summed E-state index contributed by atoms with van der Waals surface area (Å²) < 4.78 is 0. The number of phenolic OH excluding ortho intramolecular Hbond substituents is 1. The van der Waals surface area contributed by atoms with Gasteiger partial charge in [-0.2, -0.15) is 0 Å². The first-order chi connectivity index (χ1) is 27.2. The highest BCUT2D eigenvalue weighted by Gasteiger charge is 2.23. The molecule has 4 rings (SSSR count). The van der Waals surface area contributed by atoms with Crippen LogP contribution in [-0.4, -0.2) is 64.7 Å². The maximum absolute atomic E-state index is 10.1. The molecule has 320 valence electrons. The third-order valence-electron chi connectivity index (χ3n) is 10.8. The van der Waals surface area contributed by atoms with Gasteiger partial charge in [-0.15, -0.1) is 0 Å². The second-order valence-corrected chi connectivity index (χ2v) is 15.7. The average molecular weight is 789 g/mol. The summed E-state index contributed by atoms with van der Waals surface area (Å²) in [6.07, 6.45) is 27.4. The Morgan fingerprint density at radius 3 is 1.68 bits per heavy atom. The molecule has 0 bridgehead atoms. The van der Waals surface area contributed by atoms with Crippen LogP contribution in [0.25, 0.3) is 6.08 Å². The molecule has 0 radical (unpaired) electrons. The maximum Gasteiger partial charge on any atom is 0.123 e. The fourth-order valence-corrected chi connectivity index (χ4v) is 7.05. The van der Waals surface area contributed by atoms with Crippen molar-refractivity contribution in [3.8, 4) is 5.75 Å². The Morgan fingerprint density at radius 2 is 1.26 bits per heavy atom. The predicted octanol–water partition coefficient (Wildman–Crippen LogP) is 9.13. The molecule has 3 fully saturated rings. The Balaban J connectivity index is 0.000000403. The Labute approximate surface area is 346 Å². The van der Waals surface area contributed by atoms with E-state index in [0.29, 0.717) is 48.8 Å². The summed E-state index contributed by atoms with van der Waals surface area (Å²) in [6.45, 7) is 26.4. The molecule has 0 saturated heterocycles. The van der Waals surface area contributed by atoms with Crippen LogP contribution in [0.15, 0.2) is 103 Å². The number of hydrogen-bond donors (Lipinski definition) is 9. The van der Waals surface area contributed by atoms with Crippen LogP contribution in [0.2, 0.25) is 0 Å². The molecule has 9 heteroatoms. The summed E-state index contributed by atoms with van der Waals surface area (Å²) in [7, 11) is 0. The first-order valence-corrected chi connectivity index (χ1v) is 21.1. The summed E-state index contributed by atoms with van der Waals surface area (Å²) >= 11 is 0. The second-order valence-electron chi connectivity index (χ2n) is 15.7. The van der Waals surface area contributed by atoms with Crippen molar-refractivity contribution in [1.82, 2.24) is 16.0 Å². The van der Waals surface area contributed by atoms with E-state index < -0.39 is 0 Å². The van der Waals surface area contributed by atoms with Crippen LogP contribution >= 0.6 is 0 Å². The minimum absolute atomic E-state index is 0.236. The summed E-state index contributed by atoms with van der Waals surface area (Å²) in [5, 5.41) is 38.4. The van der Waals surface area contributed by atoms with Gasteiger partial charge in [0, 0.05) is 61.4 Å². The molecule has 0 aliphatic heterocycles. The lowest BCUT2D eigenvalue weighted by molar-refractivity contribution is 0.324. The molecule has 6 unspecified atom stereocenters. The summed E-state index contributed by atoms with van der Waals surface area (Å²) in [6, 6.07) is 6.10. The lowest BCUT2D eigenvalue weighted by atomic mass is 9.91. The molecule has 3 saturated carbocycles. The largest absolute Gasteiger partial charge is 0.513 e. The summed E-state index contributed by atoms with van der Waals surface area (Å²) in [5.74, 6) is 0.985. The fraction of sp³-hybridized carbons (Fsp3) is 0.542. The lowest BCUT2D eigenvalue weighted by Gasteiger charge is -2.29. The van der Waals surface area contributed by atoms with E-state index in [1.807, 2.05) is 45.1 Å². The minimum atomic E-state index is 0.236. The third kappa shape index (κ3) is 21.6. The van der Waals surface area contributed by atoms with E-state index in [1.165, 1.54) is 51.4 Å². The second kappa shape index (κ2) is 29.5. The predicted molar refractivity (Wildman–Crippen MR) is 246 cm³/mol. The number of nitrogens with one attached hydrogen (secondary N) is 3. The Bertz CT molecular complexity index is 1490. The van der Waals surface area contributed by atoms with Gasteiger partial charge in [0.25, 0.3) is 0 Å². The number of benzene rings is 1. The van der Waals surface area contributed by atoms with Crippen LogP contribution in [0.5, 0.6) is 5.75 Å². The normalized spacial score (nSPS) is 24.3. The van der Waals surface area contributed by atoms with Crippen molar-refractivity contribution in [2.24, 2.45) is 17.2 Å². The maximum atomic E-state index is 10.1. The van der Waals surface area contributed by atoms with Crippen molar-refractivity contribution >= 4 is 6.08 Å². The molecule has 0 spiro atoms. The molecule has 1 aromatic carbocycles. The zero-order valence-corrected chi connectivity index (χ0v) is 36.2. The average Bonchev–Trinajstić information content (AvgIpc) is 3.19. The van der Waals surface area contributed by atoms with Crippen LogP contribution in [0.4, 0.5) is 0 Å². The zero-order chi connectivity index (χ0) is 42.8. The highest BCUT2D eigenvalue weighted by atomic mass is 16.3. The summed E-state index contributed by atoms with van der Waals surface area (Å²) in [5.41, 5.74) is 23.7. The Morgan fingerprint density at radius 1 is 0.754 bits per heavy atom. The number of aromatic hydroxyl groups is 1. The fourth-order valence-electron chi connectivity index (χ4n) is 7.05. The van der Waals surface area contributed by atoms with Crippen LogP contribution < -0.4 is 33.2 Å². The topological polar surface area (TPSA) is 175 Å². The van der Waals surface area contributed by atoms with E-state index in [4.69, 9.17) is 22.3 Å². The van der Waals surface area contributed by atoms with Crippen LogP contribution in [0, 0.1) is 6.92 Å². The van der Waals surface area contributed by atoms with Gasteiger partial charge in [0.1, 0.15) is 5.75 Å². The number of allylic oxidation sites excluding steroid dienone is 8. The molecule has 12 N–H and O–H groups in total. The van der Waals surface area contributed by atoms with Crippen LogP contribution in [-0.2, 0) is 6.54 Å². The molecular formula is C48H80N6O3. The van der Waals surface area contributed by atoms with Crippen molar-refractivity contribution in [3.63, 3.8) is 0 Å². The zero-order valence-electron chi connectivity index (χ0n) is 36.2. The van der Waals surface area contributed by atoms with Gasteiger partial charge >= 0.3 is 0 Å². The molecule has 1 aromatic rings. The van der Waals surface area contributed by atoms with Crippen molar-refractivity contribution in [2.75, 3.05) is 13.1 Å². The standard InChI is InChI=1S/C16H24N2O.C16H26N2O.C10H20N2.C6H10O/c1-3-12-8-11(2)16(19)13(9-12)10-18-15-7-5-4-6-14(15)17;1-4-14(10-13(3)19)9-12(2)11-18-16-8-6-5-7-15(16)17;1-2-3-8-12-10-7-5-4-6-9(10)11;1-4-5(2)6(3)7/h3,8-9,14-15,18-19H,1,4-7,10,17H2,2H3;4,9-10,15-16,18-19H,1-2,5-8,11,17H2,3H3;2-3,9-10,12H,4-8,11H2,1H3;4,7H,1H2,2-3H3/b;13-10-,14-9-;;6-5+. The molecule has 0 heterocycles. The molecular weight excluding hydrogens is 709 g/mol. The van der Waals surface area contributed by atoms with Crippen molar-refractivity contribution in [3.05, 3.63) is 120 Å². The van der Waals surface area contributed by atoms with E-state index in [2.05, 4.69) is 54.4 Å². The van der Waals surface area contributed by atoms with Crippen molar-refractivity contribution in [1.29, 1.82) is 0 Å². The number of nitrogens with two attached hydrogens (primary N) is 3. The summed E-state index contributed by atoms with van der Waals surface area (Å²) in [4.78, 5) is 0. The SMILES string of the molecule is C=C/C(C)=C(\C)O.C=CC(/C=C(/C)O)=C/C(=C)CNC1CCCCC1N.C=Cc1cc(C)c(O)c(CNC2CCCCC2N)c1.CC=CCNC1CCCCC1N. The Hall–Kier alpha value is -3.70. The first-order valence-electron chi connectivity index (χ1n) is 21.1. The van der Waals surface area contributed by atoms with Gasteiger partial charge in [-0.3, -0.25) is 0 Å². The number of aliphatic hydroxyl groups is 2. The van der Waals surface area contributed by atoms with E-state index in [-0.39, 0.29) is 17.8 Å². The van der Waals surface area contributed by atoms with Gasteiger partial charge in [-0.25, -0.2) is 0 Å². The molecule has 57 heavy (non-hydrogen) atoms. The highest BCUT2D eigenvalue weighted by molar-refractivity contribution is 5.54. The van der Waals surface area contributed by atoms with Gasteiger partial charge < -0.3 is 48.5 Å². The van der Waals surface area contributed by atoms with E-state index in [1.54, 1.807) is 32.1 Å². The van der Waals surface area contributed by atoms with Gasteiger partial charge in [0.15, 0.2) is 0 Å². The number of rotatable bonds is 14. The first kappa shape index (κ1) is 51.3. The van der Waals surface area contributed by atoms with Crippen molar-refractivity contribution < 1.29 is 15.3 Å². The third-order valence-corrected chi connectivity index (χ3v) is 10.8. The van der Waals surface area contributed by atoms with Crippen molar-refractivity contribution in [2.45, 2.75) is 154 Å². The molecule has 6 atom stereocenters. The molecule has 9 nitrogen and oxygen atoms in total. The van der Waals surface area contributed by atoms with Gasteiger partial charge in [0.05, 0.1) is 11.5 Å². The quantitative estimate of drug-likeness (QED) is 0.0506. The molecule has 3 aliphatic carbocycles. The van der Waals surface area contributed by atoms with Crippen LogP contribution in [0.1, 0.15) is 121 Å². The van der Waals surface area contributed by atoms with E-state index in [0.717, 1.165) is 65.6 Å². The monoisotopic (exact) mass is 789 g/mol.